The predicted octanol–water partition coefficient (Wildman–Crippen LogP) is 4.33. The normalized spacial score (nSPS) is 16.6. The van der Waals surface area contributed by atoms with Crippen molar-refractivity contribution >= 4 is 34.7 Å². The predicted molar refractivity (Wildman–Crippen MR) is 142 cm³/mol. The Balaban J connectivity index is 1.51. The number of hydrogen-bond acceptors (Lipinski definition) is 5. The highest BCUT2D eigenvalue weighted by molar-refractivity contribution is 7.98. The van der Waals surface area contributed by atoms with E-state index in [4.69, 9.17) is 0 Å². The third kappa shape index (κ3) is 4.64. The molecule has 1 saturated carbocycles. The second kappa shape index (κ2) is 9.99. The van der Waals surface area contributed by atoms with Crippen molar-refractivity contribution in [3.8, 4) is 16.8 Å². The zero-order valence-electron chi connectivity index (χ0n) is 19.7. The summed E-state index contributed by atoms with van der Waals surface area (Å²) in [6, 6.07) is 19.2. The summed E-state index contributed by atoms with van der Waals surface area (Å²) in [6.07, 6.45) is 5.83. The summed E-state index contributed by atoms with van der Waals surface area (Å²) in [6.45, 7) is 0.476. The van der Waals surface area contributed by atoms with E-state index < -0.39 is 11.9 Å². The fourth-order valence-electron chi connectivity index (χ4n) is 4.47. The first-order valence-electron chi connectivity index (χ1n) is 11.7. The average molecular weight is 500 g/mol. The molecular formula is C28H25N3O4S. The molecule has 0 aliphatic heterocycles. The minimum Gasteiger partial charge on any atom is -0.481 e. The molecule has 2 aromatic heterocycles. The number of rotatable bonds is 8. The minimum atomic E-state index is -0.740. The van der Waals surface area contributed by atoms with Crippen LogP contribution in [-0.4, -0.2) is 45.1 Å². The van der Waals surface area contributed by atoms with E-state index in [1.54, 1.807) is 40.9 Å². The molecule has 2 atom stereocenters. The molecule has 0 spiro atoms. The van der Waals surface area contributed by atoms with Crippen LogP contribution in [0.4, 0.5) is 0 Å². The minimum absolute atomic E-state index is 0.0729. The van der Waals surface area contributed by atoms with Gasteiger partial charge in [-0.05, 0) is 59.6 Å². The van der Waals surface area contributed by atoms with Gasteiger partial charge in [-0.1, -0.05) is 36.4 Å². The molecule has 4 aromatic rings. The van der Waals surface area contributed by atoms with Crippen LogP contribution < -0.4 is 10.7 Å². The van der Waals surface area contributed by atoms with Crippen molar-refractivity contribution in [3.05, 3.63) is 94.4 Å². The highest BCUT2D eigenvalue weighted by Crippen LogP contribution is 2.47. The van der Waals surface area contributed by atoms with E-state index in [1.807, 2.05) is 54.8 Å². The summed E-state index contributed by atoms with van der Waals surface area (Å²) < 4.78 is 1.78. The van der Waals surface area contributed by atoms with Gasteiger partial charge in [-0.25, -0.2) is 4.98 Å². The fraction of sp³-hybridized carbons (Fsp3) is 0.214. The van der Waals surface area contributed by atoms with E-state index in [0.29, 0.717) is 24.0 Å². The molecule has 2 heterocycles. The van der Waals surface area contributed by atoms with Crippen LogP contribution in [-0.2, 0) is 4.79 Å². The van der Waals surface area contributed by atoms with Gasteiger partial charge in [0.1, 0.15) is 11.2 Å². The van der Waals surface area contributed by atoms with E-state index in [9.17, 15) is 19.5 Å². The number of nitrogens with one attached hydrogen (secondary N) is 1. The summed E-state index contributed by atoms with van der Waals surface area (Å²) in [7, 11) is 0. The van der Waals surface area contributed by atoms with Gasteiger partial charge in [0, 0.05) is 30.4 Å². The van der Waals surface area contributed by atoms with Crippen molar-refractivity contribution in [1.29, 1.82) is 0 Å². The number of carboxylic acid groups (broad SMARTS) is 1. The van der Waals surface area contributed by atoms with Gasteiger partial charge < -0.3 is 15.0 Å². The van der Waals surface area contributed by atoms with Crippen LogP contribution in [0.15, 0.2) is 77.9 Å². The van der Waals surface area contributed by atoms with Crippen molar-refractivity contribution in [2.24, 2.45) is 5.92 Å². The highest BCUT2D eigenvalue weighted by Gasteiger charge is 2.44. The molecule has 2 unspecified atom stereocenters. The van der Waals surface area contributed by atoms with Crippen LogP contribution in [0.25, 0.3) is 27.8 Å². The van der Waals surface area contributed by atoms with E-state index in [-0.39, 0.29) is 22.8 Å². The van der Waals surface area contributed by atoms with Crippen molar-refractivity contribution in [1.82, 2.24) is 14.9 Å². The van der Waals surface area contributed by atoms with Crippen LogP contribution in [0.1, 0.15) is 28.3 Å². The number of carbonyl (C=O) groups is 2. The van der Waals surface area contributed by atoms with Gasteiger partial charge in [0.25, 0.3) is 5.91 Å². The molecule has 0 radical (unpaired) electrons. The highest BCUT2D eigenvalue weighted by atomic mass is 32.2. The Labute approximate surface area is 212 Å². The van der Waals surface area contributed by atoms with E-state index in [0.717, 1.165) is 28.1 Å². The number of benzene rings is 2. The maximum Gasteiger partial charge on any atom is 0.307 e. The van der Waals surface area contributed by atoms with Gasteiger partial charge in [-0.15, -0.1) is 0 Å². The molecule has 1 aliphatic rings. The SMILES string of the molecule is CSCCNC(=O)c1cn(-c2cccc(-c3ccc(C4CC4C(=O)O)cc3)c2)c2ncccc2c1=O. The zero-order valence-corrected chi connectivity index (χ0v) is 20.5. The zero-order chi connectivity index (χ0) is 25.2. The number of fused-ring (bicyclic) bond motifs is 1. The number of hydrogen-bond donors (Lipinski definition) is 2. The van der Waals surface area contributed by atoms with Crippen molar-refractivity contribution in [2.75, 3.05) is 18.6 Å². The van der Waals surface area contributed by atoms with Gasteiger partial charge >= 0.3 is 5.97 Å². The number of carboxylic acids is 1. The Morgan fingerprint density at radius 2 is 1.92 bits per heavy atom. The summed E-state index contributed by atoms with van der Waals surface area (Å²) in [5.41, 5.74) is 3.96. The van der Waals surface area contributed by atoms with Gasteiger partial charge in [0.05, 0.1) is 11.3 Å². The maximum absolute atomic E-state index is 13.1. The standard InChI is InChI=1S/C28H25N3O4S/c1-36-13-12-30-27(33)24-16-31(26-21(25(24)32)6-3-11-29-26)20-5-2-4-19(14-20)17-7-9-18(10-8-17)22-15-23(22)28(34)35/h2-11,14,16,22-23H,12-13,15H2,1H3,(H,30,33)(H,34,35). The molecule has 182 valence electrons. The smallest absolute Gasteiger partial charge is 0.307 e. The quantitative estimate of drug-likeness (QED) is 0.350. The number of pyridine rings is 2. The molecule has 8 heteroatoms. The number of aliphatic carboxylic acids is 1. The third-order valence-corrected chi connectivity index (χ3v) is 7.12. The molecule has 0 bridgehead atoms. The Morgan fingerprint density at radius 1 is 1.11 bits per heavy atom. The van der Waals surface area contributed by atoms with E-state index in [1.165, 1.54) is 0 Å². The van der Waals surface area contributed by atoms with Crippen LogP contribution in [0, 0.1) is 5.92 Å². The average Bonchev–Trinajstić information content (AvgIpc) is 3.71. The Kier molecular flexibility index (Phi) is 6.61. The number of thioether (sulfide) groups is 1. The molecule has 1 aliphatic carbocycles. The Bertz CT molecular complexity index is 1510. The Morgan fingerprint density at radius 3 is 2.64 bits per heavy atom. The molecular weight excluding hydrogens is 474 g/mol. The monoisotopic (exact) mass is 499 g/mol. The number of carbonyl (C=O) groups excluding carboxylic acids is 1. The van der Waals surface area contributed by atoms with Crippen LogP contribution >= 0.6 is 11.8 Å². The maximum atomic E-state index is 13.1. The fourth-order valence-corrected chi connectivity index (χ4v) is 4.78. The largest absolute Gasteiger partial charge is 0.481 e. The first-order chi connectivity index (χ1) is 17.5. The van der Waals surface area contributed by atoms with Gasteiger partial charge in [0.15, 0.2) is 0 Å². The molecule has 1 fully saturated rings. The lowest BCUT2D eigenvalue weighted by atomic mass is 10.0. The van der Waals surface area contributed by atoms with Crippen molar-refractivity contribution in [2.45, 2.75) is 12.3 Å². The molecule has 1 amide bonds. The first kappa shape index (κ1) is 23.8. The summed E-state index contributed by atoms with van der Waals surface area (Å²) in [4.78, 5) is 41.5. The molecule has 0 saturated heterocycles. The molecule has 7 nitrogen and oxygen atoms in total. The van der Waals surface area contributed by atoms with Gasteiger partial charge in [-0.2, -0.15) is 11.8 Å². The number of amides is 1. The van der Waals surface area contributed by atoms with Crippen molar-refractivity contribution < 1.29 is 14.7 Å². The summed E-state index contributed by atoms with van der Waals surface area (Å²) >= 11 is 1.62. The number of nitrogens with zero attached hydrogens (tertiary/aromatic N) is 2. The first-order valence-corrected chi connectivity index (χ1v) is 13.1. The van der Waals surface area contributed by atoms with Crippen molar-refractivity contribution in [3.63, 3.8) is 0 Å². The second-order valence-electron chi connectivity index (χ2n) is 8.82. The summed E-state index contributed by atoms with van der Waals surface area (Å²) in [5.74, 6) is -0.585. The lowest BCUT2D eigenvalue weighted by Crippen LogP contribution is -2.31. The second-order valence-corrected chi connectivity index (χ2v) is 9.81. The van der Waals surface area contributed by atoms with Crippen LogP contribution in [0.3, 0.4) is 0 Å². The molecule has 5 rings (SSSR count). The third-order valence-electron chi connectivity index (χ3n) is 6.50. The van der Waals surface area contributed by atoms with E-state index >= 15 is 0 Å². The number of aromatic nitrogens is 2. The van der Waals surface area contributed by atoms with Crippen LogP contribution in [0.2, 0.25) is 0 Å². The lowest BCUT2D eigenvalue weighted by Gasteiger charge is -2.14. The van der Waals surface area contributed by atoms with Gasteiger partial charge in [0.2, 0.25) is 5.43 Å². The molecule has 2 aromatic carbocycles. The molecule has 36 heavy (non-hydrogen) atoms. The van der Waals surface area contributed by atoms with Crippen LogP contribution in [0.5, 0.6) is 0 Å². The van der Waals surface area contributed by atoms with E-state index in [2.05, 4.69) is 10.3 Å². The van der Waals surface area contributed by atoms with Gasteiger partial charge in [-0.3, -0.25) is 14.4 Å². The molecule has 2 N–H and O–H groups in total. The topological polar surface area (TPSA) is 101 Å². The summed E-state index contributed by atoms with van der Waals surface area (Å²) in [5, 5.41) is 12.4. The Hall–Kier alpha value is -3.91. The lowest BCUT2D eigenvalue weighted by molar-refractivity contribution is -0.138.